The molecule has 0 spiro atoms. The fraction of sp³-hybridized carbons (Fsp3) is 0.400. The van der Waals surface area contributed by atoms with Crippen LogP contribution < -0.4 is 5.56 Å². The van der Waals surface area contributed by atoms with Gasteiger partial charge in [0.2, 0.25) is 0 Å². The average Bonchev–Trinajstić information content (AvgIpc) is 3.12. The minimum absolute atomic E-state index is 0.00753. The molecule has 2 aliphatic rings. The third-order valence-electron chi connectivity index (χ3n) is 5.91. The van der Waals surface area contributed by atoms with E-state index in [9.17, 15) is 9.18 Å². The first kappa shape index (κ1) is 17.0. The number of halogens is 2. The number of fused-ring (bicyclic) bond motifs is 4. The zero-order valence-electron chi connectivity index (χ0n) is 15.0. The molecule has 1 aromatic carbocycles. The van der Waals surface area contributed by atoms with Crippen LogP contribution in [-0.2, 0) is 19.4 Å². The van der Waals surface area contributed by atoms with Crippen molar-refractivity contribution in [2.24, 2.45) is 0 Å². The number of nitrogens with zero attached hydrogens (tertiary/aromatic N) is 3. The zero-order chi connectivity index (χ0) is 18.7. The van der Waals surface area contributed by atoms with Crippen LogP contribution in [0.15, 0.2) is 29.1 Å². The van der Waals surface area contributed by atoms with Gasteiger partial charge in [-0.15, -0.1) is 0 Å². The van der Waals surface area contributed by atoms with Gasteiger partial charge in [-0.2, -0.15) is 0 Å². The molecular formula is C20H20ClFN4O. The largest absolute Gasteiger partial charge is 0.294 e. The number of hydrogen-bond donors (Lipinski definition) is 1. The molecule has 1 fully saturated rings. The fourth-order valence-corrected chi connectivity index (χ4v) is 4.74. The lowest BCUT2D eigenvalue weighted by Crippen LogP contribution is -2.36. The number of rotatable bonds is 2. The Morgan fingerprint density at radius 1 is 1.26 bits per heavy atom. The van der Waals surface area contributed by atoms with Crippen LogP contribution in [0.5, 0.6) is 0 Å². The first-order valence-electron chi connectivity index (χ1n) is 9.29. The molecule has 1 N–H and O–H groups in total. The molecule has 0 radical (unpaired) electrons. The van der Waals surface area contributed by atoms with Crippen molar-refractivity contribution in [1.29, 1.82) is 0 Å². The van der Waals surface area contributed by atoms with Gasteiger partial charge in [0.1, 0.15) is 5.82 Å². The Hall–Kier alpha value is -2.18. The molecule has 2 atom stereocenters. The number of hydrogen-bond acceptors (Lipinski definition) is 3. The highest BCUT2D eigenvalue weighted by Crippen LogP contribution is 2.34. The van der Waals surface area contributed by atoms with E-state index in [0.717, 1.165) is 41.8 Å². The summed E-state index contributed by atoms with van der Waals surface area (Å²) in [6, 6.07) is 7.50. The highest BCUT2D eigenvalue weighted by atomic mass is 35.5. The molecule has 1 saturated heterocycles. The third-order valence-corrected chi connectivity index (χ3v) is 6.22. The van der Waals surface area contributed by atoms with E-state index in [0.29, 0.717) is 24.7 Å². The topological polar surface area (TPSA) is 53.4 Å². The molecule has 0 saturated carbocycles. The maximum atomic E-state index is 13.8. The Morgan fingerprint density at radius 2 is 2.04 bits per heavy atom. The Labute approximate surface area is 160 Å². The van der Waals surface area contributed by atoms with Gasteiger partial charge in [-0.05, 0) is 43.9 Å². The summed E-state index contributed by atoms with van der Waals surface area (Å²) >= 11 is 5.81. The van der Waals surface area contributed by atoms with Gasteiger partial charge < -0.3 is 0 Å². The SMILES string of the molecule is Cc1cc2nc3c(c(=O)n2[nH]1)C[C@H]1CC[C@@H](C3)N1Cc1ccc(Cl)c(F)c1. The first-order valence-corrected chi connectivity index (χ1v) is 9.67. The summed E-state index contributed by atoms with van der Waals surface area (Å²) in [6.45, 7) is 2.59. The van der Waals surface area contributed by atoms with Gasteiger partial charge >= 0.3 is 0 Å². The molecule has 140 valence electrons. The summed E-state index contributed by atoms with van der Waals surface area (Å²) in [7, 11) is 0. The van der Waals surface area contributed by atoms with E-state index in [4.69, 9.17) is 16.6 Å². The summed E-state index contributed by atoms with van der Waals surface area (Å²) in [6.07, 6.45) is 3.58. The Kier molecular flexibility index (Phi) is 3.88. The van der Waals surface area contributed by atoms with Gasteiger partial charge in [0.05, 0.1) is 10.7 Å². The Morgan fingerprint density at radius 3 is 2.81 bits per heavy atom. The second-order valence-corrected chi connectivity index (χ2v) is 8.10. The summed E-state index contributed by atoms with van der Waals surface area (Å²) < 4.78 is 15.4. The van der Waals surface area contributed by atoms with Crippen LogP contribution in [0, 0.1) is 12.7 Å². The van der Waals surface area contributed by atoms with Crippen molar-refractivity contribution < 1.29 is 4.39 Å². The van der Waals surface area contributed by atoms with Crippen molar-refractivity contribution in [3.05, 3.63) is 68.0 Å². The molecule has 0 unspecified atom stereocenters. The molecule has 5 rings (SSSR count). The van der Waals surface area contributed by atoms with Crippen LogP contribution in [0.3, 0.4) is 0 Å². The van der Waals surface area contributed by atoms with Crippen molar-refractivity contribution >= 4 is 17.2 Å². The molecule has 0 amide bonds. The predicted molar refractivity (Wildman–Crippen MR) is 102 cm³/mol. The number of aryl methyl sites for hydroxylation is 1. The Balaban J connectivity index is 1.51. The second-order valence-electron chi connectivity index (χ2n) is 7.69. The van der Waals surface area contributed by atoms with Crippen LogP contribution in [0.4, 0.5) is 4.39 Å². The van der Waals surface area contributed by atoms with Crippen molar-refractivity contribution in [2.75, 3.05) is 0 Å². The highest BCUT2D eigenvalue weighted by Gasteiger charge is 2.38. The maximum absolute atomic E-state index is 13.8. The van der Waals surface area contributed by atoms with E-state index in [1.807, 2.05) is 19.1 Å². The smallest absolute Gasteiger partial charge is 0.276 e. The predicted octanol–water partition coefficient (Wildman–Crippen LogP) is 3.26. The van der Waals surface area contributed by atoms with Crippen LogP contribution in [0.1, 0.15) is 35.4 Å². The monoisotopic (exact) mass is 386 g/mol. The van der Waals surface area contributed by atoms with Gasteiger partial charge in [-0.25, -0.2) is 13.9 Å². The third kappa shape index (κ3) is 2.78. The molecule has 0 aliphatic carbocycles. The molecule has 2 aliphatic heterocycles. The van der Waals surface area contributed by atoms with Crippen LogP contribution >= 0.6 is 11.6 Å². The second kappa shape index (κ2) is 6.17. The van der Waals surface area contributed by atoms with E-state index < -0.39 is 0 Å². The average molecular weight is 387 g/mol. The lowest BCUT2D eigenvalue weighted by molar-refractivity contribution is 0.187. The van der Waals surface area contributed by atoms with Gasteiger partial charge in [-0.3, -0.25) is 14.8 Å². The lowest BCUT2D eigenvalue weighted by Gasteiger charge is -2.27. The minimum Gasteiger partial charge on any atom is -0.294 e. The summed E-state index contributed by atoms with van der Waals surface area (Å²) in [5.41, 5.74) is 4.25. The van der Waals surface area contributed by atoms with Crippen molar-refractivity contribution in [2.45, 2.75) is 51.2 Å². The van der Waals surface area contributed by atoms with Crippen LogP contribution in [0.2, 0.25) is 5.02 Å². The van der Waals surface area contributed by atoms with E-state index in [-0.39, 0.29) is 22.4 Å². The molecule has 7 heteroatoms. The van der Waals surface area contributed by atoms with Gasteiger partial charge in [-0.1, -0.05) is 17.7 Å². The van der Waals surface area contributed by atoms with E-state index in [1.165, 1.54) is 6.07 Å². The molecule has 2 aromatic heterocycles. The van der Waals surface area contributed by atoms with Crippen molar-refractivity contribution in [3.8, 4) is 0 Å². The number of aromatic amines is 1. The molecular weight excluding hydrogens is 367 g/mol. The highest BCUT2D eigenvalue weighted by molar-refractivity contribution is 6.30. The normalized spacial score (nSPS) is 22.2. The molecule has 2 bridgehead atoms. The van der Waals surface area contributed by atoms with Crippen LogP contribution in [0.25, 0.3) is 5.65 Å². The van der Waals surface area contributed by atoms with Gasteiger partial charge in [0, 0.05) is 42.4 Å². The lowest BCUT2D eigenvalue weighted by atomic mass is 9.98. The minimum atomic E-state index is -0.385. The summed E-state index contributed by atoms with van der Waals surface area (Å²) in [4.78, 5) is 20.2. The van der Waals surface area contributed by atoms with Gasteiger partial charge in [0.15, 0.2) is 5.65 Å². The van der Waals surface area contributed by atoms with Crippen molar-refractivity contribution in [3.63, 3.8) is 0 Å². The van der Waals surface area contributed by atoms with E-state index in [1.54, 1.807) is 10.6 Å². The number of benzene rings is 1. The molecule has 5 nitrogen and oxygen atoms in total. The molecule has 3 aromatic rings. The first-order chi connectivity index (χ1) is 13.0. The molecule has 4 heterocycles. The van der Waals surface area contributed by atoms with Crippen LogP contribution in [-0.4, -0.2) is 31.6 Å². The van der Waals surface area contributed by atoms with Crippen molar-refractivity contribution in [1.82, 2.24) is 19.5 Å². The maximum Gasteiger partial charge on any atom is 0.276 e. The zero-order valence-corrected chi connectivity index (χ0v) is 15.8. The summed E-state index contributed by atoms with van der Waals surface area (Å²) in [5.74, 6) is -0.385. The van der Waals surface area contributed by atoms with E-state index >= 15 is 0 Å². The standard InChI is InChI=1S/C20H20ClFN4O/c1-11-6-19-23-18-9-14-4-3-13(8-15(18)20(27)26(19)24-11)25(14)10-12-2-5-16(21)17(22)7-12/h2,5-7,13-14,24H,3-4,8-10H2,1H3/t13-,14+/m1/s1. The summed E-state index contributed by atoms with van der Waals surface area (Å²) in [5, 5.41) is 3.22. The quantitative estimate of drug-likeness (QED) is 0.735. The number of aromatic nitrogens is 3. The van der Waals surface area contributed by atoms with Gasteiger partial charge in [0.25, 0.3) is 5.56 Å². The van der Waals surface area contributed by atoms with E-state index in [2.05, 4.69) is 10.00 Å². The Bertz CT molecular complexity index is 1110. The number of nitrogens with one attached hydrogen (secondary N) is 1. The fourth-order valence-electron chi connectivity index (χ4n) is 4.62. The number of H-pyrrole nitrogens is 1. The molecule has 27 heavy (non-hydrogen) atoms.